The number of thiol groups is 1. The Kier molecular flexibility index (Phi) is 5.24. The van der Waals surface area contributed by atoms with Gasteiger partial charge in [0, 0.05) is 10.5 Å². The fraction of sp³-hybridized carbons (Fsp3) is 0.143. The van der Waals surface area contributed by atoms with Crippen molar-refractivity contribution in [3.63, 3.8) is 0 Å². The lowest BCUT2D eigenvalue weighted by atomic mass is 9.99. The summed E-state index contributed by atoms with van der Waals surface area (Å²) in [5, 5.41) is 10.8. The van der Waals surface area contributed by atoms with E-state index in [9.17, 15) is 5.11 Å². The van der Waals surface area contributed by atoms with Crippen molar-refractivity contribution in [1.82, 2.24) is 0 Å². The first-order valence-electron chi connectivity index (χ1n) is 7.88. The molecule has 0 spiro atoms. The molecule has 3 rings (SSSR count). The molecule has 1 unspecified atom stereocenters. The molecule has 1 atom stereocenters. The van der Waals surface area contributed by atoms with E-state index in [1.807, 2.05) is 79.7 Å². The summed E-state index contributed by atoms with van der Waals surface area (Å²) in [6.45, 7) is 2.47. The molecule has 0 fully saturated rings. The molecule has 0 saturated heterocycles. The monoisotopic (exact) mass is 336 g/mol. The number of ether oxygens (including phenoxy) is 1. The van der Waals surface area contributed by atoms with Crippen LogP contribution in [-0.4, -0.2) is 5.11 Å². The molecule has 0 aliphatic carbocycles. The molecular formula is C21H20O2S. The molecule has 0 aliphatic heterocycles. The third-order valence-electron chi connectivity index (χ3n) is 3.93. The summed E-state index contributed by atoms with van der Waals surface area (Å²) >= 11 is 4.50. The molecule has 3 aromatic rings. The van der Waals surface area contributed by atoms with Crippen molar-refractivity contribution in [3.8, 4) is 5.75 Å². The van der Waals surface area contributed by atoms with Crippen molar-refractivity contribution >= 4 is 12.6 Å². The minimum atomic E-state index is -0.773. The summed E-state index contributed by atoms with van der Waals surface area (Å²) in [5.41, 5.74) is 3.73. The molecule has 0 heterocycles. The van der Waals surface area contributed by atoms with Crippen LogP contribution in [0, 0.1) is 6.92 Å². The highest BCUT2D eigenvalue weighted by Gasteiger charge is 2.17. The fourth-order valence-electron chi connectivity index (χ4n) is 2.63. The average Bonchev–Trinajstić information content (AvgIpc) is 2.60. The van der Waals surface area contributed by atoms with Gasteiger partial charge in [0.15, 0.2) is 0 Å². The molecule has 0 amide bonds. The van der Waals surface area contributed by atoms with E-state index in [0.29, 0.717) is 12.4 Å². The van der Waals surface area contributed by atoms with Gasteiger partial charge in [-0.3, -0.25) is 0 Å². The lowest BCUT2D eigenvalue weighted by Gasteiger charge is -2.18. The molecule has 0 bridgehead atoms. The summed E-state index contributed by atoms with van der Waals surface area (Å²) in [7, 11) is 0. The molecule has 122 valence electrons. The van der Waals surface area contributed by atoms with E-state index < -0.39 is 6.10 Å². The van der Waals surface area contributed by atoms with Crippen molar-refractivity contribution in [3.05, 3.63) is 95.1 Å². The number of hydrogen-bond acceptors (Lipinski definition) is 3. The molecule has 24 heavy (non-hydrogen) atoms. The van der Waals surface area contributed by atoms with E-state index in [4.69, 9.17) is 4.74 Å². The van der Waals surface area contributed by atoms with Gasteiger partial charge in [-0.1, -0.05) is 66.2 Å². The maximum Gasteiger partial charge on any atom is 0.125 e. The van der Waals surface area contributed by atoms with Gasteiger partial charge >= 0.3 is 0 Å². The summed E-state index contributed by atoms with van der Waals surface area (Å²) in [5.74, 6) is 0.683. The van der Waals surface area contributed by atoms with Crippen LogP contribution in [0.3, 0.4) is 0 Å². The Hall–Kier alpha value is -2.23. The predicted molar refractivity (Wildman–Crippen MR) is 99.7 cm³/mol. The second kappa shape index (κ2) is 7.56. The van der Waals surface area contributed by atoms with E-state index in [2.05, 4.69) is 12.6 Å². The van der Waals surface area contributed by atoms with Crippen LogP contribution in [-0.2, 0) is 6.61 Å². The standard InChI is InChI=1S/C21H20O2S/c1-15-11-12-18(20(24)13-15)21(22)17-9-5-6-10-19(17)23-14-16-7-3-2-4-8-16/h2-13,21-22,24H,14H2,1H3. The minimum Gasteiger partial charge on any atom is -0.489 e. The molecule has 3 heteroatoms. The fourth-order valence-corrected chi connectivity index (χ4v) is 3.03. The quantitative estimate of drug-likeness (QED) is 0.646. The maximum absolute atomic E-state index is 10.8. The van der Waals surface area contributed by atoms with Gasteiger partial charge in [-0.2, -0.15) is 0 Å². The SMILES string of the molecule is Cc1ccc(C(O)c2ccccc2OCc2ccccc2)c(S)c1. The van der Waals surface area contributed by atoms with Crippen molar-refractivity contribution in [2.75, 3.05) is 0 Å². The van der Waals surface area contributed by atoms with Crippen LogP contribution < -0.4 is 4.74 Å². The molecule has 0 radical (unpaired) electrons. The first kappa shape index (κ1) is 16.6. The zero-order chi connectivity index (χ0) is 16.9. The highest BCUT2D eigenvalue weighted by molar-refractivity contribution is 7.80. The lowest BCUT2D eigenvalue weighted by molar-refractivity contribution is 0.206. The number of para-hydroxylation sites is 1. The molecule has 2 nitrogen and oxygen atoms in total. The summed E-state index contributed by atoms with van der Waals surface area (Å²) in [6, 6.07) is 23.4. The first-order valence-corrected chi connectivity index (χ1v) is 8.33. The Morgan fingerprint density at radius 1 is 0.917 bits per heavy atom. The van der Waals surface area contributed by atoms with Gasteiger partial charge in [0.05, 0.1) is 0 Å². The third-order valence-corrected chi connectivity index (χ3v) is 4.32. The summed E-state index contributed by atoms with van der Waals surface area (Å²) < 4.78 is 5.94. The number of aliphatic hydroxyl groups excluding tert-OH is 1. The van der Waals surface area contributed by atoms with Gasteiger partial charge in [-0.05, 0) is 30.2 Å². The number of hydrogen-bond donors (Lipinski definition) is 2. The summed E-state index contributed by atoms with van der Waals surface area (Å²) in [4.78, 5) is 0.778. The number of rotatable bonds is 5. The molecule has 0 saturated carbocycles. The van der Waals surface area contributed by atoms with Crippen LogP contribution in [0.1, 0.15) is 28.4 Å². The first-order chi connectivity index (χ1) is 11.6. The number of aryl methyl sites for hydroxylation is 1. The Labute approximate surface area is 148 Å². The number of aliphatic hydroxyl groups is 1. The zero-order valence-electron chi connectivity index (χ0n) is 13.5. The third kappa shape index (κ3) is 3.81. The Morgan fingerprint density at radius 2 is 1.62 bits per heavy atom. The molecule has 0 aromatic heterocycles. The van der Waals surface area contributed by atoms with Crippen LogP contribution in [0.5, 0.6) is 5.75 Å². The van der Waals surface area contributed by atoms with Gasteiger partial charge in [0.25, 0.3) is 0 Å². The van der Waals surface area contributed by atoms with Crippen LogP contribution in [0.25, 0.3) is 0 Å². The van der Waals surface area contributed by atoms with Crippen LogP contribution >= 0.6 is 12.6 Å². The molecule has 3 aromatic carbocycles. The molecular weight excluding hydrogens is 316 g/mol. The highest BCUT2D eigenvalue weighted by atomic mass is 32.1. The Bertz CT molecular complexity index is 815. The van der Waals surface area contributed by atoms with Gasteiger partial charge in [0.1, 0.15) is 18.5 Å². The van der Waals surface area contributed by atoms with Crippen molar-refractivity contribution in [1.29, 1.82) is 0 Å². The number of benzene rings is 3. The highest BCUT2D eigenvalue weighted by Crippen LogP contribution is 2.33. The van der Waals surface area contributed by atoms with E-state index in [1.165, 1.54) is 0 Å². The van der Waals surface area contributed by atoms with E-state index in [-0.39, 0.29) is 0 Å². The van der Waals surface area contributed by atoms with E-state index in [1.54, 1.807) is 0 Å². The Balaban J connectivity index is 1.85. The lowest BCUT2D eigenvalue weighted by Crippen LogP contribution is -2.05. The van der Waals surface area contributed by atoms with Gasteiger partial charge < -0.3 is 9.84 Å². The van der Waals surface area contributed by atoms with E-state index in [0.717, 1.165) is 27.1 Å². The summed E-state index contributed by atoms with van der Waals surface area (Å²) in [6.07, 6.45) is -0.773. The van der Waals surface area contributed by atoms with Crippen LogP contribution in [0.15, 0.2) is 77.7 Å². The topological polar surface area (TPSA) is 29.5 Å². The predicted octanol–water partition coefficient (Wildman–Crippen LogP) is 4.94. The second-order valence-electron chi connectivity index (χ2n) is 5.78. The van der Waals surface area contributed by atoms with Gasteiger partial charge in [0.2, 0.25) is 0 Å². The minimum absolute atomic E-state index is 0.464. The normalized spacial score (nSPS) is 12.0. The van der Waals surface area contributed by atoms with Gasteiger partial charge in [-0.15, -0.1) is 12.6 Å². The zero-order valence-corrected chi connectivity index (χ0v) is 14.4. The van der Waals surface area contributed by atoms with E-state index >= 15 is 0 Å². The largest absolute Gasteiger partial charge is 0.489 e. The molecule has 0 aliphatic rings. The van der Waals surface area contributed by atoms with Crippen LogP contribution in [0.4, 0.5) is 0 Å². The van der Waals surface area contributed by atoms with Crippen molar-refractivity contribution < 1.29 is 9.84 Å². The van der Waals surface area contributed by atoms with Crippen molar-refractivity contribution in [2.24, 2.45) is 0 Å². The molecule has 1 N–H and O–H groups in total. The Morgan fingerprint density at radius 3 is 2.38 bits per heavy atom. The second-order valence-corrected chi connectivity index (χ2v) is 6.26. The van der Waals surface area contributed by atoms with Crippen molar-refractivity contribution in [2.45, 2.75) is 24.5 Å². The average molecular weight is 336 g/mol. The maximum atomic E-state index is 10.8. The smallest absolute Gasteiger partial charge is 0.125 e. The van der Waals surface area contributed by atoms with Crippen LogP contribution in [0.2, 0.25) is 0 Å². The van der Waals surface area contributed by atoms with Gasteiger partial charge in [-0.25, -0.2) is 0 Å².